The van der Waals surface area contributed by atoms with E-state index in [1.165, 1.54) is 12.1 Å². The average Bonchev–Trinajstić information content (AvgIpc) is 2.47. The molecule has 0 N–H and O–H groups in total. The summed E-state index contributed by atoms with van der Waals surface area (Å²) in [5, 5.41) is 1.76. The van der Waals surface area contributed by atoms with Crippen molar-refractivity contribution in [1.29, 1.82) is 0 Å². The van der Waals surface area contributed by atoms with Crippen molar-refractivity contribution in [1.82, 2.24) is 4.98 Å². The van der Waals surface area contributed by atoms with Gasteiger partial charge in [-0.05, 0) is 41.8 Å². The normalized spacial score (nSPS) is 11.0. The fourth-order valence-corrected chi connectivity index (χ4v) is 2.00. The molecule has 3 aromatic rings. The summed E-state index contributed by atoms with van der Waals surface area (Å²) in [5.41, 5.74) is -0.708. The molecule has 22 heavy (non-hydrogen) atoms. The van der Waals surface area contributed by atoms with Crippen LogP contribution in [0.1, 0.15) is 5.56 Å². The average molecular weight is 326 g/mol. The van der Waals surface area contributed by atoms with E-state index in [4.69, 9.17) is 4.74 Å². The number of ether oxygens (including phenoxy) is 1. The number of nitrogens with zero attached hydrogens (tertiary/aromatic N) is 1. The van der Waals surface area contributed by atoms with Crippen LogP contribution in [0.3, 0.4) is 0 Å². The molecular weight excluding hydrogens is 315 g/mol. The van der Waals surface area contributed by atoms with Crippen molar-refractivity contribution < 1.29 is 17.9 Å². The van der Waals surface area contributed by atoms with Gasteiger partial charge in [0.1, 0.15) is 5.75 Å². The summed E-state index contributed by atoms with van der Waals surface area (Å²) in [5.74, 6) is 0.680. The zero-order valence-corrected chi connectivity index (χ0v) is 12.0. The standard InChI is InChI=1S/C16H10F3NO.ClH/c17-16(18,19)12-5-7-13(8-6-12)21-15-14-4-2-1-3-11(14)9-10-20-15;/h1-10H;1H. The first-order valence-electron chi connectivity index (χ1n) is 6.23. The maximum atomic E-state index is 12.5. The Hall–Kier alpha value is -2.27. The quantitative estimate of drug-likeness (QED) is 0.623. The number of alkyl halides is 3. The lowest BCUT2D eigenvalue weighted by atomic mass is 10.2. The predicted molar refractivity (Wildman–Crippen MR) is 80.5 cm³/mol. The summed E-state index contributed by atoms with van der Waals surface area (Å²) < 4.78 is 43.1. The molecule has 0 aliphatic heterocycles. The molecule has 0 fully saturated rings. The smallest absolute Gasteiger partial charge is 0.416 e. The van der Waals surface area contributed by atoms with E-state index in [0.717, 1.165) is 22.9 Å². The van der Waals surface area contributed by atoms with Crippen LogP contribution in [-0.2, 0) is 6.18 Å². The number of pyridine rings is 1. The van der Waals surface area contributed by atoms with Crippen LogP contribution in [0.25, 0.3) is 10.8 Å². The third-order valence-electron chi connectivity index (χ3n) is 3.03. The molecule has 0 spiro atoms. The van der Waals surface area contributed by atoms with E-state index in [0.29, 0.717) is 11.6 Å². The van der Waals surface area contributed by atoms with Gasteiger partial charge in [-0.1, -0.05) is 18.2 Å². The molecule has 1 heterocycles. The van der Waals surface area contributed by atoms with Crippen LogP contribution in [0.5, 0.6) is 11.6 Å². The van der Waals surface area contributed by atoms with Crippen molar-refractivity contribution in [2.45, 2.75) is 6.18 Å². The SMILES string of the molecule is Cl.FC(F)(F)c1ccc(Oc2nccc3ccccc23)cc1. The zero-order valence-electron chi connectivity index (χ0n) is 11.2. The number of fused-ring (bicyclic) bond motifs is 1. The van der Waals surface area contributed by atoms with E-state index in [1.807, 2.05) is 30.3 Å². The van der Waals surface area contributed by atoms with Gasteiger partial charge >= 0.3 is 6.18 Å². The van der Waals surface area contributed by atoms with E-state index in [9.17, 15) is 13.2 Å². The van der Waals surface area contributed by atoms with Crippen molar-refractivity contribution in [3.63, 3.8) is 0 Å². The molecule has 0 unspecified atom stereocenters. The Balaban J connectivity index is 0.00000176. The molecule has 0 atom stereocenters. The van der Waals surface area contributed by atoms with E-state index in [1.54, 1.807) is 6.20 Å². The minimum absolute atomic E-state index is 0. The second kappa shape index (κ2) is 6.23. The van der Waals surface area contributed by atoms with Gasteiger partial charge in [0.05, 0.1) is 5.56 Å². The highest BCUT2D eigenvalue weighted by atomic mass is 35.5. The largest absolute Gasteiger partial charge is 0.438 e. The van der Waals surface area contributed by atoms with E-state index >= 15 is 0 Å². The molecule has 0 aliphatic rings. The van der Waals surface area contributed by atoms with Crippen LogP contribution in [-0.4, -0.2) is 4.98 Å². The third kappa shape index (κ3) is 3.31. The number of aromatic nitrogens is 1. The van der Waals surface area contributed by atoms with Crippen molar-refractivity contribution in [3.8, 4) is 11.6 Å². The number of benzene rings is 2. The molecule has 114 valence electrons. The lowest BCUT2D eigenvalue weighted by Crippen LogP contribution is -2.04. The van der Waals surface area contributed by atoms with Crippen molar-refractivity contribution in [3.05, 3.63) is 66.4 Å². The van der Waals surface area contributed by atoms with Crippen LogP contribution in [0, 0.1) is 0 Å². The van der Waals surface area contributed by atoms with Crippen LogP contribution in [0.15, 0.2) is 60.8 Å². The maximum absolute atomic E-state index is 12.5. The Morgan fingerprint density at radius 3 is 2.23 bits per heavy atom. The Labute approximate surface area is 131 Å². The first-order valence-corrected chi connectivity index (χ1v) is 6.23. The van der Waals surface area contributed by atoms with Crippen LogP contribution in [0.2, 0.25) is 0 Å². The number of hydrogen-bond donors (Lipinski definition) is 0. The molecule has 0 aliphatic carbocycles. The van der Waals surface area contributed by atoms with E-state index in [-0.39, 0.29) is 12.4 Å². The monoisotopic (exact) mass is 325 g/mol. The summed E-state index contributed by atoms with van der Waals surface area (Å²) in [4.78, 5) is 4.13. The van der Waals surface area contributed by atoms with E-state index < -0.39 is 11.7 Å². The summed E-state index contributed by atoms with van der Waals surface area (Å²) in [6, 6.07) is 13.9. The molecule has 6 heteroatoms. The maximum Gasteiger partial charge on any atom is 0.416 e. The second-order valence-corrected chi connectivity index (χ2v) is 4.46. The third-order valence-corrected chi connectivity index (χ3v) is 3.03. The van der Waals surface area contributed by atoms with Gasteiger partial charge in [0.2, 0.25) is 5.88 Å². The van der Waals surface area contributed by atoms with Gasteiger partial charge in [-0.15, -0.1) is 12.4 Å². The molecule has 0 saturated carbocycles. The minimum atomic E-state index is -4.35. The van der Waals surface area contributed by atoms with Gasteiger partial charge in [0.25, 0.3) is 0 Å². The van der Waals surface area contributed by atoms with Crippen molar-refractivity contribution >= 4 is 23.2 Å². The highest BCUT2D eigenvalue weighted by Crippen LogP contribution is 2.32. The van der Waals surface area contributed by atoms with Crippen LogP contribution >= 0.6 is 12.4 Å². The Bertz CT molecular complexity index is 767. The van der Waals surface area contributed by atoms with Gasteiger partial charge in [0, 0.05) is 11.6 Å². The van der Waals surface area contributed by atoms with Gasteiger partial charge in [0.15, 0.2) is 0 Å². The predicted octanol–water partition coefficient (Wildman–Crippen LogP) is 5.47. The van der Waals surface area contributed by atoms with Crippen LogP contribution < -0.4 is 4.74 Å². The first kappa shape index (κ1) is 16.1. The first-order chi connectivity index (χ1) is 10.0. The van der Waals surface area contributed by atoms with Gasteiger partial charge < -0.3 is 4.74 Å². The van der Waals surface area contributed by atoms with Gasteiger partial charge in [-0.2, -0.15) is 13.2 Å². The van der Waals surface area contributed by atoms with Crippen molar-refractivity contribution in [2.75, 3.05) is 0 Å². The zero-order chi connectivity index (χ0) is 14.9. The Kier molecular flexibility index (Phi) is 4.56. The topological polar surface area (TPSA) is 22.1 Å². The Morgan fingerprint density at radius 2 is 1.55 bits per heavy atom. The van der Waals surface area contributed by atoms with Gasteiger partial charge in [-0.25, -0.2) is 4.98 Å². The summed E-state index contributed by atoms with van der Waals surface area (Å²) in [6.45, 7) is 0. The van der Waals surface area contributed by atoms with Gasteiger partial charge in [-0.3, -0.25) is 0 Å². The lowest BCUT2D eigenvalue weighted by Gasteiger charge is -2.09. The fourth-order valence-electron chi connectivity index (χ4n) is 2.00. The molecular formula is C16H11ClF3NO. The van der Waals surface area contributed by atoms with Crippen molar-refractivity contribution in [2.24, 2.45) is 0 Å². The van der Waals surface area contributed by atoms with E-state index in [2.05, 4.69) is 4.98 Å². The molecule has 3 rings (SSSR count). The fraction of sp³-hybridized carbons (Fsp3) is 0.0625. The molecule has 0 amide bonds. The molecule has 2 aromatic carbocycles. The minimum Gasteiger partial charge on any atom is -0.438 e. The Morgan fingerprint density at radius 1 is 0.864 bits per heavy atom. The van der Waals surface area contributed by atoms with Crippen LogP contribution in [0.4, 0.5) is 13.2 Å². The number of hydrogen-bond acceptors (Lipinski definition) is 2. The highest BCUT2D eigenvalue weighted by molar-refractivity contribution is 5.86. The molecule has 0 saturated heterocycles. The lowest BCUT2D eigenvalue weighted by molar-refractivity contribution is -0.137. The second-order valence-electron chi connectivity index (χ2n) is 4.46. The summed E-state index contributed by atoms with van der Waals surface area (Å²) >= 11 is 0. The summed E-state index contributed by atoms with van der Waals surface area (Å²) in [7, 11) is 0. The molecule has 2 nitrogen and oxygen atoms in total. The molecule has 0 bridgehead atoms. The highest BCUT2D eigenvalue weighted by Gasteiger charge is 2.30. The number of halogens is 4. The molecule has 0 radical (unpaired) electrons. The summed E-state index contributed by atoms with van der Waals surface area (Å²) in [6.07, 6.45) is -2.75. The number of rotatable bonds is 2. The molecule has 1 aromatic heterocycles.